The summed E-state index contributed by atoms with van der Waals surface area (Å²) >= 11 is 1.39. The zero-order valence-corrected chi connectivity index (χ0v) is 10.5. The van der Waals surface area contributed by atoms with Crippen molar-refractivity contribution in [2.75, 3.05) is 25.5 Å². The van der Waals surface area contributed by atoms with Gasteiger partial charge in [0.2, 0.25) is 0 Å². The molecule has 1 rings (SSSR count). The number of rotatable bonds is 7. The van der Waals surface area contributed by atoms with Crippen LogP contribution >= 0.6 is 11.5 Å². The smallest absolute Gasteiger partial charge is 0.134 e. The van der Waals surface area contributed by atoms with Gasteiger partial charge in [-0.05, 0) is 13.5 Å². The lowest BCUT2D eigenvalue weighted by Gasteiger charge is -2.13. The van der Waals surface area contributed by atoms with Gasteiger partial charge in [-0.3, -0.25) is 4.90 Å². The largest absolute Gasteiger partial charge is 0.374 e. The molecule has 0 fully saturated rings. The highest BCUT2D eigenvalue weighted by atomic mass is 32.1. The van der Waals surface area contributed by atoms with Crippen molar-refractivity contribution in [3.8, 4) is 6.07 Å². The van der Waals surface area contributed by atoms with E-state index in [2.05, 4.69) is 32.8 Å². The van der Waals surface area contributed by atoms with Crippen LogP contribution in [-0.4, -0.2) is 34.6 Å². The van der Waals surface area contributed by atoms with E-state index in [9.17, 15) is 0 Å². The second-order valence-corrected chi connectivity index (χ2v) is 4.38. The van der Waals surface area contributed by atoms with Crippen LogP contribution in [0.1, 0.15) is 25.5 Å². The molecule has 0 radical (unpaired) electrons. The van der Waals surface area contributed by atoms with E-state index in [1.165, 1.54) is 11.5 Å². The molecule has 0 aliphatic carbocycles. The summed E-state index contributed by atoms with van der Waals surface area (Å²) in [4.78, 5) is 2.08. The van der Waals surface area contributed by atoms with Crippen molar-refractivity contribution in [2.24, 2.45) is 0 Å². The Kier molecular flexibility index (Phi) is 5.75. The molecule has 0 aliphatic heterocycles. The lowest BCUT2D eigenvalue weighted by atomic mass is 10.3. The van der Waals surface area contributed by atoms with Crippen LogP contribution in [0.3, 0.4) is 0 Å². The zero-order valence-electron chi connectivity index (χ0n) is 9.73. The summed E-state index contributed by atoms with van der Waals surface area (Å²) in [5.41, 5.74) is 0.971. The molecule has 1 aromatic heterocycles. The predicted octanol–water partition coefficient (Wildman–Crippen LogP) is 1.71. The standard InChI is InChI=1S/C10H17N5S/c1-3-6-12-10-9(13-14-16-10)8-15(2)7-4-5-11/h12H,3-4,6-8H2,1-2H3. The number of aromatic nitrogens is 2. The molecule has 16 heavy (non-hydrogen) atoms. The molecule has 6 heteroatoms. The fourth-order valence-electron chi connectivity index (χ4n) is 1.26. The molecule has 88 valence electrons. The maximum Gasteiger partial charge on any atom is 0.134 e. The molecule has 0 bridgehead atoms. The molecule has 0 spiro atoms. The maximum absolute atomic E-state index is 8.50. The Morgan fingerprint density at radius 3 is 3.06 bits per heavy atom. The summed E-state index contributed by atoms with van der Waals surface area (Å²) in [6.45, 7) is 4.57. The first-order valence-corrected chi connectivity index (χ1v) is 6.15. The second-order valence-electron chi connectivity index (χ2n) is 3.62. The molecule has 1 heterocycles. The molecule has 0 saturated heterocycles. The van der Waals surface area contributed by atoms with Crippen LogP contribution in [0.4, 0.5) is 5.00 Å². The minimum absolute atomic E-state index is 0.547. The molecule has 0 aliphatic rings. The molecule has 5 nitrogen and oxygen atoms in total. The highest BCUT2D eigenvalue weighted by molar-refractivity contribution is 7.10. The van der Waals surface area contributed by atoms with Crippen molar-refractivity contribution in [1.29, 1.82) is 5.26 Å². The zero-order chi connectivity index (χ0) is 11.8. The van der Waals surface area contributed by atoms with E-state index in [0.717, 1.165) is 36.8 Å². The third-order valence-corrected chi connectivity index (χ3v) is 2.84. The Bertz CT molecular complexity index is 343. The van der Waals surface area contributed by atoms with Crippen molar-refractivity contribution in [2.45, 2.75) is 26.3 Å². The predicted molar refractivity (Wildman–Crippen MR) is 65.3 cm³/mol. The summed E-state index contributed by atoms with van der Waals surface area (Å²) in [6.07, 6.45) is 1.63. The maximum atomic E-state index is 8.50. The van der Waals surface area contributed by atoms with Gasteiger partial charge in [-0.1, -0.05) is 11.4 Å². The van der Waals surface area contributed by atoms with Crippen LogP contribution < -0.4 is 5.32 Å². The van der Waals surface area contributed by atoms with Crippen LogP contribution in [0.5, 0.6) is 0 Å². The first-order valence-electron chi connectivity index (χ1n) is 5.38. The summed E-state index contributed by atoms with van der Waals surface area (Å²) in [7, 11) is 1.99. The summed E-state index contributed by atoms with van der Waals surface area (Å²) in [6, 6.07) is 2.14. The average molecular weight is 239 g/mol. The number of nitrogens with zero attached hydrogens (tertiary/aromatic N) is 4. The minimum Gasteiger partial charge on any atom is -0.374 e. The molecule has 0 aromatic carbocycles. The lowest BCUT2D eigenvalue weighted by molar-refractivity contribution is 0.331. The summed E-state index contributed by atoms with van der Waals surface area (Å²) in [5, 5.41) is 16.9. The second kappa shape index (κ2) is 7.14. The Labute approximate surface area is 100 Å². The molecular formula is C10H17N5S. The lowest BCUT2D eigenvalue weighted by Crippen LogP contribution is -2.19. The Morgan fingerprint density at radius 1 is 1.56 bits per heavy atom. The first kappa shape index (κ1) is 12.9. The van der Waals surface area contributed by atoms with E-state index >= 15 is 0 Å². The molecule has 0 saturated carbocycles. The normalized spacial score (nSPS) is 10.4. The van der Waals surface area contributed by atoms with E-state index in [4.69, 9.17) is 5.26 Å². The Morgan fingerprint density at radius 2 is 2.38 bits per heavy atom. The van der Waals surface area contributed by atoms with Gasteiger partial charge in [0.15, 0.2) is 0 Å². The first-order chi connectivity index (χ1) is 7.77. The fraction of sp³-hybridized carbons (Fsp3) is 0.700. The fourth-order valence-corrected chi connectivity index (χ4v) is 1.86. The Balaban J connectivity index is 2.46. The minimum atomic E-state index is 0.547. The third-order valence-electron chi connectivity index (χ3n) is 2.12. The van der Waals surface area contributed by atoms with Gasteiger partial charge in [-0.15, -0.1) is 5.10 Å². The molecule has 0 amide bonds. The number of hydrogen-bond donors (Lipinski definition) is 1. The number of nitrogens with one attached hydrogen (secondary N) is 1. The van der Waals surface area contributed by atoms with Crippen molar-refractivity contribution in [3.63, 3.8) is 0 Å². The number of hydrogen-bond acceptors (Lipinski definition) is 6. The van der Waals surface area contributed by atoms with Crippen LogP contribution in [-0.2, 0) is 6.54 Å². The SMILES string of the molecule is CCCNc1snnc1CN(C)CCC#N. The van der Waals surface area contributed by atoms with Gasteiger partial charge in [-0.25, -0.2) is 0 Å². The van der Waals surface area contributed by atoms with Gasteiger partial charge in [0.1, 0.15) is 10.7 Å². The molecule has 1 aromatic rings. The highest BCUT2D eigenvalue weighted by Crippen LogP contribution is 2.18. The topological polar surface area (TPSA) is 64.8 Å². The average Bonchev–Trinajstić information content (AvgIpc) is 2.71. The van der Waals surface area contributed by atoms with Crippen LogP contribution in [0.15, 0.2) is 0 Å². The molecule has 0 unspecified atom stereocenters. The van der Waals surface area contributed by atoms with Gasteiger partial charge in [0, 0.05) is 37.6 Å². The van der Waals surface area contributed by atoms with E-state index in [1.54, 1.807) is 0 Å². The molecular weight excluding hydrogens is 222 g/mol. The van der Waals surface area contributed by atoms with Crippen LogP contribution in [0.25, 0.3) is 0 Å². The van der Waals surface area contributed by atoms with Gasteiger partial charge >= 0.3 is 0 Å². The van der Waals surface area contributed by atoms with E-state index < -0.39 is 0 Å². The van der Waals surface area contributed by atoms with Crippen molar-refractivity contribution < 1.29 is 0 Å². The third kappa shape index (κ3) is 4.13. The van der Waals surface area contributed by atoms with Crippen molar-refractivity contribution >= 4 is 16.5 Å². The summed E-state index contributed by atoms with van der Waals surface area (Å²) in [5.74, 6) is 0. The van der Waals surface area contributed by atoms with E-state index in [1.807, 2.05) is 7.05 Å². The highest BCUT2D eigenvalue weighted by Gasteiger charge is 2.09. The van der Waals surface area contributed by atoms with E-state index in [0.29, 0.717) is 6.42 Å². The van der Waals surface area contributed by atoms with Gasteiger partial charge in [0.25, 0.3) is 0 Å². The number of anilines is 1. The quantitative estimate of drug-likeness (QED) is 0.784. The van der Waals surface area contributed by atoms with Gasteiger partial charge in [-0.2, -0.15) is 5.26 Å². The van der Waals surface area contributed by atoms with Crippen molar-refractivity contribution in [1.82, 2.24) is 14.5 Å². The number of nitriles is 1. The van der Waals surface area contributed by atoms with Crippen LogP contribution in [0.2, 0.25) is 0 Å². The molecule has 1 N–H and O–H groups in total. The summed E-state index contributed by atoms with van der Waals surface area (Å²) < 4.78 is 3.95. The molecule has 0 atom stereocenters. The van der Waals surface area contributed by atoms with Gasteiger partial charge in [0.05, 0.1) is 6.07 Å². The Hall–Kier alpha value is -1.19. The monoisotopic (exact) mass is 239 g/mol. The van der Waals surface area contributed by atoms with Crippen molar-refractivity contribution in [3.05, 3.63) is 5.69 Å². The van der Waals surface area contributed by atoms with Gasteiger partial charge < -0.3 is 5.32 Å². The van der Waals surface area contributed by atoms with E-state index in [-0.39, 0.29) is 0 Å². The van der Waals surface area contributed by atoms with Crippen LogP contribution in [0, 0.1) is 11.3 Å².